The third kappa shape index (κ3) is 5.44. The highest BCUT2D eigenvalue weighted by atomic mass is 35.5. The minimum Gasteiger partial charge on any atom is -0.489 e. The molecule has 0 aromatic heterocycles. The molecule has 3 rings (SSSR count). The molecule has 164 valence electrons. The molecule has 1 amide bonds. The van der Waals surface area contributed by atoms with E-state index in [4.69, 9.17) is 26.2 Å². The number of amidine groups is 1. The zero-order chi connectivity index (χ0) is 22.4. The van der Waals surface area contributed by atoms with Crippen molar-refractivity contribution in [2.45, 2.75) is 26.4 Å². The van der Waals surface area contributed by atoms with Gasteiger partial charge in [-0.05, 0) is 48.7 Å². The molecule has 1 saturated heterocycles. The van der Waals surface area contributed by atoms with Gasteiger partial charge in [0.05, 0.1) is 17.3 Å². The molecule has 1 aliphatic rings. The first kappa shape index (κ1) is 22.8. The monoisotopic (exact) mass is 444 g/mol. The minimum absolute atomic E-state index is 0.0824. The summed E-state index contributed by atoms with van der Waals surface area (Å²) in [4.78, 5) is 19.1. The van der Waals surface area contributed by atoms with Crippen LogP contribution in [0.1, 0.15) is 24.5 Å². The second kappa shape index (κ2) is 10.4. The van der Waals surface area contributed by atoms with Gasteiger partial charge in [0.1, 0.15) is 18.5 Å². The normalized spacial score (nSPS) is 17.3. The molecule has 2 aromatic rings. The van der Waals surface area contributed by atoms with E-state index in [1.54, 1.807) is 24.3 Å². The topological polar surface area (TPSA) is 91.6 Å². The lowest BCUT2D eigenvalue weighted by molar-refractivity contribution is -0.114. The van der Waals surface area contributed by atoms with Crippen LogP contribution in [-0.4, -0.2) is 48.0 Å². The molecule has 2 aromatic carbocycles. The van der Waals surface area contributed by atoms with E-state index in [0.717, 1.165) is 17.7 Å². The Kier molecular flexibility index (Phi) is 7.68. The fourth-order valence-corrected chi connectivity index (χ4v) is 3.17. The van der Waals surface area contributed by atoms with Crippen LogP contribution in [0.25, 0.3) is 6.08 Å². The van der Waals surface area contributed by atoms with Gasteiger partial charge >= 0.3 is 11.9 Å². The predicted octanol–water partition coefficient (Wildman–Crippen LogP) is 3.55. The summed E-state index contributed by atoms with van der Waals surface area (Å²) in [6, 6.07) is 12.8. The number of aliphatic imine (C=N–C) groups is 1. The Hall–Kier alpha value is -2.87. The third-order valence-corrected chi connectivity index (χ3v) is 4.82. The second-order valence-electron chi connectivity index (χ2n) is 7.04. The van der Waals surface area contributed by atoms with E-state index in [1.165, 1.54) is 4.90 Å². The van der Waals surface area contributed by atoms with Crippen molar-refractivity contribution in [1.82, 2.24) is 0 Å². The Morgan fingerprint density at radius 1 is 1.29 bits per heavy atom. The number of amides is 1. The average molecular weight is 445 g/mol. The van der Waals surface area contributed by atoms with Gasteiger partial charge in [-0.3, -0.25) is 4.79 Å². The number of anilines is 1. The molecule has 0 unspecified atom stereocenters. The van der Waals surface area contributed by atoms with Gasteiger partial charge in [-0.2, -0.15) is 0 Å². The molecule has 31 heavy (non-hydrogen) atoms. The number of carbonyl (C=O) groups excluding carboxylic acids is 1. The molecule has 0 saturated carbocycles. The number of ether oxygens (including phenoxy) is 2. The van der Waals surface area contributed by atoms with Crippen molar-refractivity contribution in [3.05, 3.63) is 64.4 Å². The van der Waals surface area contributed by atoms with Crippen LogP contribution in [0.5, 0.6) is 5.75 Å². The first-order valence-electron chi connectivity index (χ1n) is 10.00. The lowest BCUT2D eigenvalue weighted by Gasteiger charge is -2.15. The van der Waals surface area contributed by atoms with Gasteiger partial charge in [0, 0.05) is 6.54 Å². The lowest BCUT2D eigenvalue weighted by Crippen LogP contribution is -2.30. The van der Waals surface area contributed by atoms with Gasteiger partial charge in [0.15, 0.2) is 5.76 Å². The quantitative estimate of drug-likeness (QED) is 0.607. The van der Waals surface area contributed by atoms with Crippen molar-refractivity contribution in [1.29, 1.82) is 0 Å². The average Bonchev–Trinajstić information content (AvgIpc) is 3.06. The van der Waals surface area contributed by atoms with Crippen LogP contribution in [0, 0.1) is 6.92 Å². The molecular formula is C23H25ClN2O5. The largest absolute Gasteiger partial charge is 0.489 e. The molecule has 1 aliphatic heterocycles. The van der Waals surface area contributed by atoms with Crippen LogP contribution >= 0.6 is 11.6 Å². The van der Waals surface area contributed by atoms with Crippen LogP contribution < -0.4 is 9.64 Å². The molecule has 0 radical (unpaired) electrons. The van der Waals surface area contributed by atoms with Crippen LogP contribution in [0.3, 0.4) is 0 Å². The summed E-state index contributed by atoms with van der Waals surface area (Å²) in [6.07, 6.45) is 1.43. The Balaban J connectivity index is 1.88. The third-order valence-electron chi connectivity index (χ3n) is 4.53. The van der Waals surface area contributed by atoms with Gasteiger partial charge in [-0.15, -0.1) is 0 Å². The van der Waals surface area contributed by atoms with Crippen molar-refractivity contribution in [2.24, 2.45) is 4.99 Å². The maximum atomic E-state index is 13.1. The highest BCUT2D eigenvalue weighted by Gasteiger charge is 2.36. The molecule has 0 bridgehead atoms. The van der Waals surface area contributed by atoms with Gasteiger partial charge in [0.2, 0.25) is 0 Å². The molecule has 1 atom stereocenters. The van der Waals surface area contributed by atoms with Crippen molar-refractivity contribution in [2.75, 3.05) is 24.7 Å². The van der Waals surface area contributed by atoms with Gasteiger partial charge < -0.3 is 19.7 Å². The van der Waals surface area contributed by atoms with Crippen molar-refractivity contribution in [3.63, 3.8) is 0 Å². The number of nitrogens with zero attached hydrogens (tertiary/aromatic N) is 2. The molecule has 0 aliphatic carbocycles. The van der Waals surface area contributed by atoms with E-state index < -0.39 is 12.7 Å². The summed E-state index contributed by atoms with van der Waals surface area (Å²) >= 11 is 6.26. The summed E-state index contributed by atoms with van der Waals surface area (Å²) in [5, 5.41) is 18.6. The molecule has 1 heterocycles. The molecule has 8 heteroatoms. The van der Waals surface area contributed by atoms with Crippen LogP contribution in [-0.2, 0) is 9.53 Å². The first-order chi connectivity index (χ1) is 14.9. The Morgan fingerprint density at radius 2 is 2.06 bits per heavy atom. The molecule has 0 spiro atoms. The van der Waals surface area contributed by atoms with E-state index in [-0.39, 0.29) is 24.3 Å². The Labute approximate surface area is 186 Å². The van der Waals surface area contributed by atoms with E-state index in [9.17, 15) is 9.90 Å². The smallest absolute Gasteiger partial charge is 0.305 e. The van der Waals surface area contributed by atoms with Crippen LogP contribution in [0.15, 0.2) is 53.2 Å². The molecular weight excluding hydrogens is 420 g/mol. The Bertz CT molecular complexity index is 1010. The molecule has 1 fully saturated rings. The summed E-state index contributed by atoms with van der Waals surface area (Å²) in [5.74, 6) is 0.187. The Morgan fingerprint density at radius 3 is 2.74 bits per heavy atom. The van der Waals surface area contributed by atoms with Crippen molar-refractivity contribution >= 4 is 35.3 Å². The standard InChI is InChI=1S/C23H25ClN2O5/c1-3-10-25-23-26(19-7-5-4-6-15(19)2)22(29)21(31-23)12-16-8-9-20(18(24)11-16)30-14-17(28)13-27/h4-9,11-12,17,27-28H,3,10,13-14H2,1-2H3/b21-12+,25-23+/t17-/m0/s1. The number of hydrogen-bond donors (Lipinski definition) is 2. The maximum absolute atomic E-state index is 13.1. The summed E-state index contributed by atoms with van der Waals surface area (Å²) in [6.45, 7) is 3.98. The summed E-state index contributed by atoms with van der Waals surface area (Å²) < 4.78 is 11.2. The minimum atomic E-state index is -0.990. The van der Waals surface area contributed by atoms with Crippen LogP contribution in [0.2, 0.25) is 5.02 Å². The van der Waals surface area contributed by atoms with Crippen molar-refractivity contribution < 1.29 is 24.5 Å². The van der Waals surface area contributed by atoms with E-state index in [0.29, 0.717) is 22.9 Å². The van der Waals surface area contributed by atoms with E-state index >= 15 is 0 Å². The number of carbonyl (C=O) groups is 1. The number of aliphatic hydroxyl groups excluding tert-OH is 2. The zero-order valence-corrected chi connectivity index (χ0v) is 18.2. The molecule has 7 nitrogen and oxygen atoms in total. The highest BCUT2D eigenvalue weighted by molar-refractivity contribution is 6.32. The number of benzene rings is 2. The number of para-hydroxylation sites is 1. The van der Waals surface area contributed by atoms with Crippen molar-refractivity contribution in [3.8, 4) is 5.75 Å². The molecule has 2 N–H and O–H groups in total. The number of hydrogen-bond acceptors (Lipinski definition) is 6. The number of rotatable bonds is 8. The predicted molar refractivity (Wildman–Crippen MR) is 120 cm³/mol. The van der Waals surface area contributed by atoms with Gasteiger partial charge in [-0.25, -0.2) is 9.89 Å². The fourth-order valence-electron chi connectivity index (χ4n) is 2.93. The zero-order valence-electron chi connectivity index (χ0n) is 17.4. The lowest BCUT2D eigenvalue weighted by atomic mass is 10.1. The number of aliphatic hydroxyl groups is 2. The number of halogens is 1. The van der Waals surface area contributed by atoms with Crippen LogP contribution in [0.4, 0.5) is 5.69 Å². The number of aryl methyl sites for hydroxylation is 1. The highest BCUT2D eigenvalue weighted by Crippen LogP contribution is 2.31. The second-order valence-corrected chi connectivity index (χ2v) is 7.45. The first-order valence-corrected chi connectivity index (χ1v) is 10.4. The van der Waals surface area contributed by atoms with E-state index in [1.807, 2.05) is 38.1 Å². The van der Waals surface area contributed by atoms with E-state index in [2.05, 4.69) is 4.99 Å². The van der Waals surface area contributed by atoms with Gasteiger partial charge in [-0.1, -0.05) is 42.8 Å². The van der Waals surface area contributed by atoms with Gasteiger partial charge in [0.25, 0.3) is 0 Å². The maximum Gasteiger partial charge on any atom is 0.305 e. The summed E-state index contributed by atoms with van der Waals surface area (Å²) in [7, 11) is 0. The summed E-state index contributed by atoms with van der Waals surface area (Å²) in [5.41, 5.74) is 2.29. The SMILES string of the molecule is CCC/N=C1/O/C(=C/c2ccc(OC[C@@H](O)CO)c(Cl)c2)C(=O)N1c1ccccc1C. The fraction of sp³-hybridized carbons (Fsp3) is 0.304.